The Hall–Kier alpha value is -3.48. The van der Waals surface area contributed by atoms with Gasteiger partial charge in [-0.25, -0.2) is 9.97 Å². The van der Waals surface area contributed by atoms with Crippen molar-refractivity contribution < 1.29 is 9.53 Å². The highest BCUT2D eigenvalue weighted by molar-refractivity contribution is 5.93. The zero-order chi connectivity index (χ0) is 19.5. The molecule has 0 saturated heterocycles. The van der Waals surface area contributed by atoms with Crippen molar-refractivity contribution in [3.8, 4) is 6.01 Å². The average Bonchev–Trinajstić information content (AvgIpc) is 2.74. The number of carbonyl (C=O) groups excluding carboxylic acids is 1. The van der Waals surface area contributed by atoms with Gasteiger partial charge >= 0.3 is 6.01 Å². The minimum Gasteiger partial charge on any atom is -0.467 e. The molecule has 3 heterocycles. The Morgan fingerprint density at radius 2 is 1.89 bits per heavy atom. The number of benzene rings is 1. The molecule has 7 heteroatoms. The van der Waals surface area contributed by atoms with Crippen LogP contribution in [0.25, 0.3) is 0 Å². The average molecular weight is 376 g/mol. The van der Waals surface area contributed by atoms with Crippen molar-refractivity contribution in [1.29, 1.82) is 0 Å². The largest absolute Gasteiger partial charge is 0.467 e. The summed E-state index contributed by atoms with van der Waals surface area (Å²) in [7, 11) is 1.48. The van der Waals surface area contributed by atoms with Crippen LogP contribution < -0.4 is 10.3 Å². The SMILES string of the molecule is COc1ncc(C(=O)N2CCc3cc(=O)n(Cc4ccccc4)cc3C2)cn1. The van der Waals surface area contributed by atoms with E-state index in [9.17, 15) is 9.59 Å². The molecule has 142 valence electrons. The third-order valence-corrected chi connectivity index (χ3v) is 4.86. The minimum atomic E-state index is -0.130. The lowest BCUT2D eigenvalue weighted by Crippen LogP contribution is -2.37. The third-order valence-electron chi connectivity index (χ3n) is 4.86. The number of fused-ring (bicyclic) bond motifs is 1. The smallest absolute Gasteiger partial charge is 0.316 e. The number of hydrogen-bond acceptors (Lipinski definition) is 5. The molecule has 1 aliphatic heterocycles. The quantitative estimate of drug-likeness (QED) is 0.695. The Bertz CT molecular complexity index is 1050. The second kappa shape index (κ2) is 7.64. The van der Waals surface area contributed by atoms with Crippen LogP contribution in [0, 0.1) is 0 Å². The maximum Gasteiger partial charge on any atom is 0.316 e. The number of hydrogen-bond donors (Lipinski definition) is 0. The Morgan fingerprint density at radius 1 is 1.14 bits per heavy atom. The topological polar surface area (TPSA) is 77.3 Å². The molecule has 28 heavy (non-hydrogen) atoms. The number of pyridine rings is 1. The molecule has 3 aromatic rings. The zero-order valence-electron chi connectivity index (χ0n) is 15.5. The first kappa shape index (κ1) is 17.9. The molecule has 7 nitrogen and oxygen atoms in total. The minimum absolute atomic E-state index is 0.0223. The molecule has 0 spiro atoms. The van der Waals surface area contributed by atoms with Gasteiger partial charge in [0.25, 0.3) is 11.5 Å². The van der Waals surface area contributed by atoms with E-state index in [0.717, 1.165) is 16.7 Å². The number of amides is 1. The standard InChI is InChI=1S/C21H20N4O3/c1-28-21-22-10-17(11-23-21)20(27)24-8-7-16-9-19(26)25(14-18(16)13-24)12-15-5-3-2-4-6-15/h2-6,9-11,14H,7-8,12-13H2,1H3. The van der Waals surface area contributed by atoms with Gasteiger partial charge in [0.05, 0.1) is 19.2 Å². The zero-order valence-corrected chi connectivity index (χ0v) is 15.5. The van der Waals surface area contributed by atoms with E-state index in [4.69, 9.17) is 4.74 Å². The monoisotopic (exact) mass is 376 g/mol. The molecule has 0 N–H and O–H groups in total. The fourth-order valence-corrected chi connectivity index (χ4v) is 3.37. The number of ether oxygens (including phenoxy) is 1. The second-order valence-electron chi connectivity index (χ2n) is 6.71. The number of rotatable bonds is 4. The van der Waals surface area contributed by atoms with Crippen LogP contribution in [0.5, 0.6) is 6.01 Å². The fourth-order valence-electron chi connectivity index (χ4n) is 3.37. The summed E-state index contributed by atoms with van der Waals surface area (Å²) < 4.78 is 6.63. The molecule has 0 atom stereocenters. The van der Waals surface area contributed by atoms with Crippen LogP contribution in [0.15, 0.2) is 59.8 Å². The molecule has 0 bridgehead atoms. The highest BCUT2D eigenvalue weighted by Gasteiger charge is 2.23. The molecule has 0 fully saturated rings. The molecular weight excluding hydrogens is 356 g/mol. The van der Waals surface area contributed by atoms with Crippen molar-refractivity contribution in [1.82, 2.24) is 19.4 Å². The molecule has 2 aromatic heterocycles. The summed E-state index contributed by atoms with van der Waals surface area (Å²) >= 11 is 0. The van der Waals surface area contributed by atoms with Crippen LogP contribution in [-0.2, 0) is 19.5 Å². The summed E-state index contributed by atoms with van der Waals surface area (Å²) in [6.07, 6.45) is 5.47. The second-order valence-corrected chi connectivity index (χ2v) is 6.71. The van der Waals surface area contributed by atoms with Crippen LogP contribution in [0.4, 0.5) is 0 Å². The van der Waals surface area contributed by atoms with Crippen LogP contribution in [-0.4, -0.2) is 39.0 Å². The molecule has 0 unspecified atom stereocenters. The fraction of sp³-hybridized carbons (Fsp3) is 0.238. The Morgan fingerprint density at radius 3 is 2.61 bits per heavy atom. The summed E-state index contributed by atoms with van der Waals surface area (Å²) in [4.78, 5) is 35.0. The van der Waals surface area contributed by atoms with Gasteiger partial charge in [-0.15, -0.1) is 0 Å². The molecule has 1 aliphatic rings. The van der Waals surface area contributed by atoms with E-state index in [-0.39, 0.29) is 17.5 Å². The van der Waals surface area contributed by atoms with Crippen LogP contribution in [0.1, 0.15) is 27.0 Å². The van der Waals surface area contributed by atoms with Gasteiger partial charge in [-0.1, -0.05) is 30.3 Å². The van der Waals surface area contributed by atoms with E-state index in [0.29, 0.717) is 31.6 Å². The lowest BCUT2D eigenvalue weighted by atomic mass is 10.0. The Kier molecular flexibility index (Phi) is 4.89. The number of nitrogens with zero attached hydrogens (tertiary/aromatic N) is 4. The van der Waals surface area contributed by atoms with Crippen molar-refractivity contribution in [2.75, 3.05) is 13.7 Å². The van der Waals surface area contributed by atoms with Crippen LogP contribution in [0.2, 0.25) is 0 Å². The highest BCUT2D eigenvalue weighted by Crippen LogP contribution is 2.19. The van der Waals surface area contributed by atoms with Crippen molar-refractivity contribution in [2.45, 2.75) is 19.5 Å². The van der Waals surface area contributed by atoms with E-state index in [2.05, 4.69) is 9.97 Å². The first-order valence-corrected chi connectivity index (χ1v) is 9.05. The lowest BCUT2D eigenvalue weighted by Gasteiger charge is -2.29. The van der Waals surface area contributed by atoms with Gasteiger partial charge in [0.15, 0.2) is 0 Å². The van der Waals surface area contributed by atoms with Gasteiger partial charge < -0.3 is 14.2 Å². The van der Waals surface area contributed by atoms with Gasteiger partial charge in [0, 0.05) is 37.7 Å². The molecule has 1 amide bonds. The summed E-state index contributed by atoms with van der Waals surface area (Å²) in [5.41, 5.74) is 3.45. The Balaban J connectivity index is 1.56. The van der Waals surface area contributed by atoms with Crippen LogP contribution >= 0.6 is 0 Å². The maximum absolute atomic E-state index is 12.8. The molecule has 4 rings (SSSR count). The van der Waals surface area contributed by atoms with Crippen molar-refractivity contribution >= 4 is 5.91 Å². The summed E-state index contributed by atoms with van der Waals surface area (Å²) in [6.45, 7) is 1.52. The Labute approximate surface area is 162 Å². The van der Waals surface area contributed by atoms with E-state index in [1.165, 1.54) is 19.5 Å². The number of aromatic nitrogens is 3. The van der Waals surface area contributed by atoms with Crippen molar-refractivity contribution in [2.24, 2.45) is 0 Å². The normalized spacial score (nSPS) is 13.1. The first-order chi connectivity index (χ1) is 13.6. The third kappa shape index (κ3) is 3.64. The summed E-state index contributed by atoms with van der Waals surface area (Å²) in [5, 5.41) is 0. The van der Waals surface area contributed by atoms with E-state index >= 15 is 0 Å². The van der Waals surface area contributed by atoms with Gasteiger partial charge in [-0.2, -0.15) is 0 Å². The molecule has 0 radical (unpaired) electrons. The van der Waals surface area contributed by atoms with E-state index < -0.39 is 0 Å². The van der Waals surface area contributed by atoms with E-state index in [1.807, 2.05) is 36.5 Å². The first-order valence-electron chi connectivity index (χ1n) is 9.05. The lowest BCUT2D eigenvalue weighted by molar-refractivity contribution is 0.0733. The van der Waals surface area contributed by atoms with Gasteiger partial charge in [0.2, 0.25) is 0 Å². The van der Waals surface area contributed by atoms with Crippen molar-refractivity contribution in [3.63, 3.8) is 0 Å². The summed E-state index contributed by atoms with van der Waals surface area (Å²) in [6, 6.07) is 11.8. The van der Waals surface area contributed by atoms with E-state index in [1.54, 1.807) is 15.5 Å². The van der Waals surface area contributed by atoms with Crippen LogP contribution in [0.3, 0.4) is 0 Å². The molecular formula is C21H20N4O3. The predicted molar refractivity (Wildman–Crippen MR) is 103 cm³/mol. The molecule has 1 aromatic carbocycles. The predicted octanol–water partition coefficient (Wildman–Crippen LogP) is 1.89. The summed E-state index contributed by atoms with van der Waals surface area (Å²) in [5.74, 6) is -0.130. The number of carbonyl (C=O) groups is 1. The number of methoxy groups -OCH3 is 1. The van der Waals surface area contributed by atoms with Crippen molar-refractivity contribution in [3.05, 3.63) is 87.6 Å². The van der Waals surface area contributed by atoms with Gasteiger partial charge in [0.1, 0.15) is 0 Å². The van der Waals surface area contributed by atoms with Gasteiger partial charge in [-0.3, -0.25) is 9.59 Å². The maximum atomic E-state index is 12.8. The highest BCUT2D eigenvalue weighted by atomic mass is 16.5. The molecule has 0 aliphatic carbocycles. The molecule has 0 saturated carbocycles. The van der Waals surface area contributed by atoms with Gasteiger partial charge in [-0.05, 0) is 23.1 Å².